The Hall–Kier alpha value is -2.26. The summed E-state index contributed by atoms with van der Waals surface area (Å²) in [5.74, 6) is -2.45. The fraction of sp³-hybridized carbons (Fsp3) is 0.368. The maximum Gasteiger partial charge on any atom is 0.490 e. The molecule has 9 heteroatoms. The molecule has 152 valence electrons. The van der Waals surface area contributed by atoms with Crippen molar-refractivity contribution < 1.29 is 28.2 Å². The van der Waals surface area contributed by atoms with Gasteiger partial charge in [-0.1, -0.05) is 26.0 Å². The van der Waals surface area contributed by atoms with E-state index in [-0.39, 0.29) is 16.7 Å². The molecule has 0 saturated carbocycles. The van der Waals surface area contributed by atoms with Crippen LogP contribution < -0.4 is 5.73 Å². The summed E-state index contributed by atoms with van der Waals surface area (Å²) in [4.78, 5) is 13.3. The number of carboxylic acid groups (broad SMARTS) is 1. The van der Waals surface area contributed by atoms with Crippen molar-refractivity contribution in [1.82, 2.24) is 4.98 Å². The molecule has 2 atom stereocenters. The third-order valence-electron chi connectivity index (χ3n) is 4.59. The van der Waals surface area contributed by atoms with Crippen LogP contribution in [0.4, 0.5) is 13.2 Å². The number of rotatable bonds is 2. The zero-order valence-corrected chi connectivity index (χ0v) is 16.1. The first-order chi connectivity index (χ1) is 12.9. The first kappa shape index (κ1) is 22.0. The monoisotopic (exact) mass is 414 g/mol. The number of nitrogens with zero attached hydrogens (tertiary/aromatic N) is 1. The lowest BCUT2D eigenvalue weighted by Crippen LogP contribution is -2.52. The average Bonchev–Trinajstić information content (AvgIpc) is 2.61. The number of nitrogens with two attached hydrogens (primary N) is 1. The molecule has 1 aromatic carbocycles. The van der Waals surface area contributed by atoms with Gasteiger partial charge in [-0.25, -0.2) is 9.78 Å². The summed E-state index contributed by atoms with van der Waals surface area (Å²) < 4.78 is 31.7. The van der Waals surface area contributed by atoms with Crippen LogP contribution in [0, 0.1) is 0 Å². The van der Waals surface area contributed by atoms with E-state index in [0.29, 0.717) is 5.75 Å². The lowest BCUT2D eigenvalue weighted by atomic mass is 9.69. The molecular weight excluding hydrogens is 393 g/mol. The van der Waals surface area contributed by atoms with Gasteiger partial charge in [-0.3, -0.25) is 0 Å². The Bertz CT molecular complexity index is 829. The highest BCUT2D eigenvalue weighted by molar-refractivity contribution is 7.99. The number of aliphatic carboxylic acids is 1. The van der Waals surface area contributed by atoms with Crippen LogP contribution in [0.15, 0.2) is 47.6 Å². The molecule has 1 aliphatic rings. The number of hydrogen-bond acceptors (Lipinski definition) is 5. The number of pyridine rings is 1. The quantitative estimate of drug-likeness (QED) is 0.693. The van der Waals surface area contributed by atoms with Crippen LogP contribution in [0.3, 0.4) is 0 Å². The Balaban J connectivity index is 0.000000345. The van der Waals surface area contributed by atoms with Crippen LogP contribution >= 0.6 is 11.8 Å². The fourth-order valence-electron chi connectivity index (χ4n) is 3.02. The van der Waals surface area contributed by atoms with E-state index in [2.05, 4.69) is 18.8 Å². The van der Waals surface area contributed by atoms with Gasteiger partial charge in [0, 0.05) is 22.9 Å². The number of fused-ring (bicyclic) bond motifs is 1. The highest BCUT2D eigenvalue weighted by Gasteiger charge is 2.41. The molecule has 0 fully saturated rings. The highest BCUT2D eigenvalue weighted by atomic mass is 32.2. The summed E-state index contributed by atoms with van der Waals surface area (Å²) in [6.07, 6.45) is -2.37. The van der Waals surface area contributed by atoms with E-state index in [9.17, 15) is 18.3 Å². The Labute approximate surface area is 164 Å². The standard InChI is InChI=1S/C17H20N2OS.C2HF3O2/c1-17(2)13-10-12(20)7-6-11(13)9-14(16(17)18)21-15-5-3-4-8-19-15;3-2(4,5)1(6)7/h3-8,10,14,16,20H,9,18H2,1-2H3;(H,6,7)/t14-,16+;/m0./s1. The molecule has 5 nitrogen and oxygen atoms in total. The van der Waals surface area contributed by atoms with Crippen LogP contribution in [0.2, 0.25) is 0 Å². The topological polar surface area (TPSA) is 96.4 Å². The van der Waals surface area contributed by atoms with Gasteiger partial charge in [-0.2, -0.15) is 13.2 Å². The van der Waals surface area contributed by atoms with Crippen LogP contribution in [0.1, 0.15) is 25.0 Å². The van der Waals surface area contributed by atoms with Crippen molar-refractivity contribution in [2.45, 2.75) is 48.2 Å². The molecule has 0 aliphatic heterocycles. The second-order valence-electron chi connectivity index (χ2n) is 6.92. The summed E-state index contributed by atoms with van der Waals surface area (Å²) in [5, 5.41) is 18.2. The number of aromatic hydroxyl groups is 1. The van der Waals surface area contributed by atoms with Crippen LogP contribution in [-0.2, 0) is 16.6 Å². The molecule has 0 amide bonds. The molecular formula is C19H21F3N2O3S. The molecule has 4 N–H and O–H groups in total. The van der Waals surface area contributed by atoms with Crippen LogP contribution in [0.5, 0.6) is 5.75 Å². The van der Waals surface area contributed by atoms with Crippen LogP contribution in [-0.4, -0.2) is 38.6 Å². The van der Waals surface area contributed by atoms with Crippen molar-refractivity contribution >= 4 is 17.7 Å². The molecule has 0 spiro atoms. The zero-order valence-electron chi connectivity index (χ0n) is 15.3. The number of aromatic nitrogens is 1. The first-order valence-corrected chi connectivity index (χ1v) is 9.26. The predicted molar refractivity (Wildman–Crippen MR) is 100 cm³/mol. The van der Waals surface area contributed by atoms with Gasteiger partial charge in [0.25, 0.3) is 0 Å². The molecule has 0 radical (unpaired) electrons. The normalized spacial score (nSPS) is 20.5. The van der Waals surface area contributed by atoms with E-state index < -0.39 is 12.1 Å². The molecule has 1 aliphatic carbocycles. The minimum absolute atomic E-state index is 0.0128. The molecule has 28 heavy (non-hydrogen) atoms. The second kappa shape index (κ2) is 8.40. The number of hydrogen-bond donors (Lipinski definition) is 3. The van der Waals surface area contributed by atoms with E-state index in [4.69, 9.17) is 15.6 Å². The summed E-state index contributed by atoms with van der Waals surface area (Å²) in [6.45, 7) is 4.31. The van der Waals surface area contributed by atoms with Gasteiger partial charge in [0.05, 0.1) is 5.03 Å². The fourth-order valence-corrected chi connectivity index (χ4v) is 4.36. The number of carboxylic acids is 1. The van der Waals surface area contributed by atoms with Gasteiger partial charge in [0.15, 0.2) is 0 Å². The molecule has 1 heterocycles. The van der Waals surface area contributed by atoms with Crippen molar-refractivity contribution in [3.8, 4) is 5.75 Å². The van der Waals surface area contributed by atoms with E-state index in [1.165, 1.54) is 5.56 Å². The Morgan fingerprint density at radius 2 is 1.93 bits per heavy atom. The maximum atomic E-state index is 10.6. The smallest absolute Gasteiger partial charge is 0.490 e. The minimum atomic E-state index is -5.08. The second-order valence-corrected chi connectivity index (χ2v) is 8.18. The Kier molecular flexibility index (Phi) is 6.61. The Morgan fingerprint density at radius 3 is 2.46 bits per heavy atom. The molecule has 0 unspecified atom stereocenters. The van der Waals surface area contributed by atoms with E-state index in [1.54, 1.807) is 17.8 Å². The molecule has 0 saturated heterocycles. The first-order valence-electron chi connectivity index (χ1n) is 8.38. The van der Waals surface area contributed by atoms with E-state index in [0.717, 1.165) is 17.0 Å². The Morgan fingerprint density at radius 1 is 1.29 bits per heavy atom. The van der Waals surface area contributed by atoms with E-state index >= 15 is 0 Å². The van der Waals surface area contributed by atoms with Crippen molar-refractivity contribution in [3.63, 3.8) is 0 Å². The minimum Gasteiger partial charge on any atom is -0.508 e. The van der Waals surface area contributed by atoms with Crippen molar-refractivity contribution in [2.24, 2.45) is 5.73 Å². The molecule has 0 bridgehead atoms. The van der Waals surface area contributed by atoms with Crippen LogP contribution in [0.25, 0.3) is 0 Å². The predicted octanol–water partition coefficient (Wildman–Crippen LogP) is 3.74. The van der Waals surface area contributed by atoms with Crippen molar-refractivity contribution in [3.05, 3.63) is 53.7 Å². The van der Waals surface area contributed by atoms with E-state index in [1.807, 2.05) is 36.5 Å². The number of thioether (sulfide) groups is 1. The van der Waals surface area contributed by atoms with Crippen molar-refractivity contribution in [1.29, 1.82) is 0 Å². The number of halogens is 3. The van der Waals surface area contributed by atoms with Crippen molar-refractivity contribution in [2.75, 3.05) is 0 Å². The summed E-state index contributed by atoms with van der Waals surface area (Å²) in [6, 6.07) is 11.6. The largest absolute Gasteiger partial charge is 0.508 e. The summed E-state index contributed by atoms with van der Waals surface area (Å²) in [7, 11) is 0. The molecule has 1 aromatic heterocycles. The number of phenols is 1. The lowest BCUT2D eigenvalue weighted by Gasteiger charge is -2.43. The summed E-state index contributed by atoms with van der Waals surface area (Å²) in [5.41, 5.74) is 8.80. The van der Waals surface area contributed by atoms with Gasteiger partial charge < -0.3 is 15.9 Å². The highest BCUT2D eigenvalue weighted by Crippen LogP contribution is 2.42. The zero-order chi connectivity index (χ0) is 21.1. The van der Waals surface area contributed by atoms with Gasteiger partial charge in [0.2, 0.25) is 0 Å². The van der Waals surface area contributed by atoms with Gasteiger partial charge in [-0.15, -0.1) is 11.8 Å². The average molecular weight is 414 g/mol. The summed E-state index contributed by atoms with van der Waals surface area (Å²) >= 11 is 1.74. The third kappa shape index (κ3) is 5.17. The molecule has 2 aromatic rings. The van der Waals surface area contributed by atoms with Gasteiger partial charge in [0.1, 0.15) is 5.75 Å². The van der Waals surface area contributed by atoms with Gasteiger partial charge >= 0.3 is 12.1 Å². The van der Waals surface area contributed by atoms with Gasteiger partial charge in [-0.05, 0) is 41.8 Å². The number of phenolic OH excluding ortho intramolecular Hbond substituents is 1. The number of carbonyl (C=O) groups is 1. The maximum absolute atomic E-state index is 10.6. The SMILES string of the molecule is CC1(C)c2cc(O)ccc2C[C@H](Sc2ccccn2)[C@H]1N.O=C(O)C(F)(F)F. The molecule has 3 rings (SSSR count). The third-order valence-corrected chi connectivity index (χ3v) is 5.84. The lowest BCUT2D eigenvalue weighted by molar-refractivity contribution is -0.192. The number of benzene rings is 1. The number of alkyl halides is 3.